The van der Waals surface area contributed by atoms with Crippen molar-refractivity contribution >= 4 is 11.6 Å². The molecule has 1 aromatic rings. The average molecular weight is 299 g/mol. The summed E-state index contributed by atoms with van der Waals surface area (Å²) in [6, 6.07) is 3.09. The molecule has 0 saturated carbocycles. The number of anilines is 1. The molecule has 0 spiro atoms. The van der Waals surface area contributed by atoms with Crippen LogP contribution in [0.15, 0.2) is 12.1 Å². The Hall–Kier alpha value is -2.23. The van der Waals surface area contributed by atoms with E-state index in [0.717, 1.165) is 0 Å². The van der Waals surface area contributed by atoms with Crippen molar-refractivity contribution in [3.8, 4) is 6.07 Å². The normalized spacial score (nSPS) is 11.6. The molecule has 0 aliphatic heterocycles. The lowest BCUT2D eigenvalue weighted by molar-refractivity contribution is -0.129. The van der Waals surface area contributed by atoms with Gasteiger partial charge < -0.3 is 10.2 Å². The number of nitrogens with one attached hydrogen (secondary N) is 1. The number of likely N-dealkylation sites (N-methyl/N-ethyl adjacent to an activating group) is 1. The first-order valence-electron chi connectivity index (χ1n) is 6.44. The Balaban J connectivity index is 2.68. The van der Waals surface area contributed by atoms with Crippen LogP contribution >= 0.6 is 0 Å². The number of carbonyl (C=O) groups is 1. The lowest BCUT2D eigenvalue weighted by Crippen LogP contribution is -2.38. The minimum absolute atomic E-state index is 0.258. The largest absolute Gasteiger partial charge is 0.374 e. The molecule has 1 aromatic carbocycles. The Morgan fingerprint density at radius 1 is 1.33 bits per heavy atom. The van der Waals surface area contributed by atoms with E-state index in [2.05, 4.69) is 5.32 Å². The summed E-state index contributed by atoms with van der Waals surface area (Å²) < 4.78 is 39.2. The molecule has 1 amide bonds. The van der Waals surface area contributed by atoms with Crippen molar-refractivity contribution in [3.05, 3.63) is 29.6 Å². The molecule has 0 unspecified atom stereocenters. The van der Waals surface area contributed by atoms with E-state index in [1.54, 1.807) is 13.8 Å². The van der Waals surface area contributed by atoms with E-state index in [-0.39, 0.29) is 30.6 Å². The van der Waals surface area contributed by atoms with E-state index in [0.29, 0.717) is 18.7 Å². The third-order valence-corrected chi connectivity index (χ3v) is 2.89. The van der Waals surface area contributed by atoms with Gasteiger partial charge in [-0.2, -0.15) is 5.26 Å². The number of hydrogen-bond acceptors (Lipinski definition) is 3. The molecule has 1 atom stereocenters. The molecule has 0 heterocycles. The molecule has 0 aromatic heterocycles. The zero-order valence-corrected chi connectivity index (χ0v) is 11.8. The zero-order valence-electron chi connectivity index (χ0n) is 11.8. The molecule has 0 aliphatic carbocycles. The minimum Gasteiger partial charge on any atom is -0.374 e. The molecule has 1 N–H and O–H groups in total. The summed E-state index contributed by atoms with van der Waals surface area (Å²) in [5.41, 5.74) is -0.286. The maximum atomic E-state index is 13.4. The number of hydrogen-bond donors (Lipinski definition) is 1. The first kappa shape index (κ1) is 16.8. The third-order valence-electron chi connectivity index (χ3n) is 2.89. The van der Waals surface area contributed by atoms with E-state index < -0.39 is 17.5 Å². The van der Waals surface area contributed by atoms with Crippen LogP contribution in [0.2, 0.25) is 0 Å². The second-order valence-corrected chi connectivity index (χ2v) is 4.56. The van der Waals surface area contributed by atoms with Gasteiger partial charge in [-0.1, -0.05) is 0 Å². The molecule has 114 valence electrons. The standard InChI is InChI=1S/C14H16F3N3O/c1-3-20(8-9(2)6-18)14(21)7-19-13-5-11(16)10(15)4-12(13)17/h4-5,9,19H,3,7-8H2,1-2H3/t9-/m0/s1. The fourth-order valence-corrected chi connectivity index (χ4v) is 1.72. The number of halogens is 3. The molecule has 7 heteroatoms. The van der Waals surface area contributed by atoms with E-state index in [1.165, 1.54) is 4.90 Å². The van der Waals surface area contributed by atoms with E-state index in [1.807, 2.05) is 6.07 Å². The van der Waals surface area contributed by atoms with Crippen LogP contribution in [0, 0.1) is 34.7 Å². The Kier molecular flexibility index (Phi) is 6.03. The monoisotopic (exact) mass is 299 g/mol. The van der Waals surface area contributed by atoms with Gasteiger partial charge in [0.05, 0.1) is 24.2 Å². The smallest absolute Gasteiger partial charge is 0.241 e. The van der Waals surface area contributed by atoms with Crippen molar-refractivity contribution < 1.29 is 18.0 Å². The topological polar surface area (TPSA) is 56.1 Å². The highest BCUT2D eigenvalue weighted by Crippen LogP contribution is 2.18. The van der Waals surface area contributed by atoms with Gasteiger partial charge in [0.15, 0.2) is 11.6 Å². The highest BCUT2D eigenvalue weighted by Gasteiger charge is 2.16. The van der Waals surface area contributed by atoms with Crippen LogP contribution in [0.25, 0.3) is 0 Å². The van der Waals surface area contributed by atoms with Gasteiger partial charge in [-0.15, -0.1) is 0 Å². The maximum absolute atomic E-state index is 13.4. The summed E-state index contributed by atoms with van der Waals surface area (Å²) in [5.74, 6) is -4.15. The molecule has 0 bridgehead atoms. The molecule has 0 fully saturated rings. The molecule has 1 rings (SSSR count). The van der Waals surface area contributed by atoms with Gasteiger partial charge in [-0.3, -0.25) is 4.79 Å². The van der Waals surface area contributed by atoms with Crippen molar-refractivity contribution in [2.75, 3.05) is 25.0 Å². The maximum Gasteiger partial charge on any atom is 0.241 e. The van der Waals surface area contributed by atoms with Crippen LogP contribution in [-0.4, -0.2) is 30.4 Å². The molecule has 0 aliphatic rings. The Bertz CT molecular complexity index is 557. The molecular weight excluding hydrogens is 283 g/mol. The number of rotatable bonds is 6. The van der Waals surface area contributed by atoms with Crippen molar-refractivity contribution in [1.82, 2.24) is 4.90 Å². The fraction of sp³-hybridized carbons (Fsp3) is 0.429. The van der Waals surface area contributed by atoms with Gasteiger partial charge in [-0.05, 0) is 13.8 Å². The summed E-state index contributed by atoms with van der Waals surface area (Å²) in [6.45, 7) is 3.81. The summed E-state index contributed by atoms with van der Waals surface area (Å²) in [5, 5.41) is 11.2. The number of nitrogens with zero attached hydrogens (tertiary/aromatic N) is 2. The lowest BCUT2D eigenvalue weighted by atomic mass is 10.2. The summed E-state index contributed by atoms with van der Waals surface area (Å²) in [6.07, 6.45) is 0. The molecule has 0 saturated heterocycles. The highest BCUT2D eigenvalue weighted by molar-refractivity contribution is 5.80. The Morgan fingerprint density at radius 3 is 2.52 bits per heavy atom. The van der Waals surface area contributed by atoms with Crippen LogP contribution in [-0.2, 0) is 4.79 Å². The molecule has 21 heavy (non-hydrogen) atoms. The molecular formula is C14H16F3N3O. The first-order valence-corrected chi connectivity index (χ1v) is 6.44. The highest BCUT2D eigenvalue weighted by atomic mass is 19.2. The van der Waals surface area contributed by atoms with Crippen molar-refractivity contribution in [3.63, 3.8) is 0 Å². The van der Waals surface area contributed by atoms with E-state index >= 15 is 0 Å². The Labute approximate surface area is 121 Å². The Morgan fingerprint density at radius 2 is 1.95 bits per heavy atom. The SMILES string of the molecule is CCN(C[C@@H](C)C#N)C(=O)CNc1cc(F)c(F)cc1F. The van der Waals surface area contributed by atoms with Gasteiger partial charge in [-0.25, -0.2) is 13.2 Å². The van der Waals surface area contributed by atoms with Crippen LogP contribution in [0.5, 0.6) is 0 Å². The fourth-order valence-electron chi connectivity index (χ4n) is 1.72. The van der Waals surface area contributed by atoms with E-state index in [4.69, 9.17) is 5.26 Å². The molecule has 4 nitrogen and oxygen atoms in total. The zero-order chi connectivity index (χ0) is 16.0. The quantitative estimate of drug-likeness (QED) is 0.821. The number of amides is 1. The minimum atomic E-state index is -1.29. The van der Waals surface area contributed by atoms with Gasteiger partial charge in [0.1, 0.15) is 5.82 Å². The summed E-state index contributed by atoms with van der Waals surface area (Å²) in [4.78, 5) is 13.4. The van der Waals surface area contributed by atoms with Gasteiger partial charge >= 0.3 is 0 Å². The van der Waals surface area contributed by atoms with Gasteiger partial charge in [0, 0.05) is 25.2 Å². The predicted octanol–water partition coefficient (Wildman–Crippen LogP) is 2.52. The van der Waals surface area contributed by atoms with Crippen LogP contribution in [0.4, 0.5) is 18.9 Å². The second kappa shape index (κ2) is 7.53. The first-order chi connectivity index (χ1) is 9.88. The van der Waals surface area contributed by atoms with Crippen molar-refractivity contribution in [2.24, 2.45) is 5.92 Å². The molecule has 0 radical (unpaired) electrons. The third kappa shape index (κ3) is 4.67. The van der Waals surface area contributed by atoms with Gasteiger partial charge in [0.2, 0.25) is 5.91 Å². The predicted molar refractivity (Wildman–Crippen MR) is 71.8 cm³/mol. The summed E-state index contributed by atoms with van der Waals surface area (Å²) >= 11 is 0. The van der Waals surface area contributed by atoms with Crippen LogP contribution in [0.3, 0.4) is 0 Å². The van der Waals surface area contributed by atoms with Gasteiger partial charge in [0.25, 0.3) is 0 Å². The number of carbonyl (C=O) groups excluding carboxylic acids is 1. The summed E-state index contributed by atoms with van der Waals surface area (Å²) in [7, 11) is 0. The van der Waals surface area contributed by atoms with Crippen molar-refractivity contribution in [2.45, 2.75) is 13.8 Å². The van der Waals surface area contributed by atoms with Crippen molar-refractivity contribution in [1.29, 1.82) is 5.26 Å². The van der Waals surface area contributed by atoms with Crippen LogP contribution < -0.4 is 5.32 Å². The second-order valence-electron chi connectivity index (χ2n) is 4.56. The average Bonchev–Trinajstić information content (AvgIpc) is 2.46. The number of benzene rings is 1. The van der Waals surface area contributed by atoms with Crippen LogP contribution in [0.1, 0.15) is 13.8 Å². The van der Waals surface area contributed by atoms with E-state index in [9.17, 15) is 18.0 Å². The lowest BCUT2D eigenvalue weighted by Gasteiger charge is -2.22. The number of nitriles is 1.